The fourth-order valence-electron chi connectivity index (χ4n) is 2.07. The van der Waals surface area contributed by atoms with Gasteiger partial charge in [0.05, 0.1) is 14.2 Å². The Labute approximate surface area is 126 Å². The Hall–Kier alpha value is -2.23. The Morgan fingerprint density at radius 2 is 1.86 bits per heavy atom. The monoisotopic (exact) mass is 289 g/mol. The normalized spacial score (nSPS) is 9.81. The van der Waals surface area contributed by atoms with Crippen LogP contribution in [0.4, 0.5) is 0 Å². The molecular formula is C17H23NO3. The molecule has 1 aromatic rings. The van der Waals surface area contributed by atoms with Crippen molar-refractivity contribution in [1.29, 1.82) is 0 Å². The molecule has 21 heavy (non-hydrogen) atoms. The second-order valence-electron chi connectivity index (χ2n) is 4.55. The van der Waals surface area contributed by atoms with Gasteiger partial charge in [-0.3, -0.25) is 4.79 Å². The molecule has 0 spiro atoms. The minimum atomic E-state index is 0.0691. The van der Waals surface area contributed by atoms with E-state index in [1.165, 1.54) is 0 Å². The summed E-state index contributed by atoms with van der Waals surface area (Å²) in [4.78, 5) is 13.9. The van der Waals surface area contributed by atoms with Crippen LogP contribution in [0.2, 0.25) is 0 Å². The van der Waals surface area contributed by atoms with Crippen LogP contribution in [0.1, 0.15) is 12.0 Å². The van der Waals surface area contributed by atoms with Crippen LogP contribution in [0.25, 0.3) is 0 Å². The summed E-state index contributed by atoms with van der Waals surface area (Å²) in [6.45, 7) is 8.39. The van der Waals surface area contributed by atoms with Crippen molar-refractivity contribution in [3.05, 3.63) is 49.1 Å². The molecule has 0 aromatic heterocycles. The number of amides is 1. The molecule has 0 heterocycles. The van der Waals surface area contributed by atoms with Crippen molar-refractivity contribution in [3.8, 4) is 11.5 Å². The number of nitrogens with zero attached hydrogens (tertiary/aromatic N) is 1. The summed E-state index contributed by atoms with van der Waals surface area (Å²) in [5, 5.41) is 0. The predicted octanol–water partition coefficient (Wildman–Crippen LogP) is 2.84. The fourth-order valence-corrected chi connectivity index (χ4v) is 2.07. The van der Waals surface area contributed by atoms with Gasteiger partial charge in [-0.2, -0.15) is 0 Å². The van der Waals surface area contributed by atoms with Gasteiger partial charge in [0.2, 0.25) is 5.91 Å². The van der Waals surface area contributed by atoms with E-state index in [-0.39, 0.29) is 5.91 Å². The van der Waals surface area contributed by atoms with Crippen molar-refractivity contribution in [3.63, 3.8) is 0 Å². The largest absolute Gasteiger partial charge is 0.497 e. The first-order valence-electron chi connectivity index (χ1n) is 6.86. The number of hydrogen-bond donors (Lipinski definition) is 0. The Morgan fingerprint density at radius 1 is 1.19 bits per heavy atom. The van der Waals surface area contributed by atoms with Gasteiger partial charge < -0.3 is 14.4 Å². The smallest absolute Gasteiger partial charge is 0.223 e. The average Bonchev–Trinajstić information content (AvgIpc) is 2.52. The third-order valence-corrected chi connectivity index (χ3v) is 3.15. The van der Waals surface area contributed by atoms with Crippen molar-refractivity contribution in [2.75, 3.05) is 27.3 Å². The number of ether oxygens (including phenoxy) is 2. The lowest BCUT2D eigenvalue weighted by atomic mass is 10.1. The highest BCUT2D eigenvalue weighted by molar-refractivity contribution is 5.77. The van der Waals surface area contributed by atoms with Gasteiger partial charge >= 0.3 is 0 Å². The predicted molar refractivity (Wildman–Crippen MR) is 84.8 cm³/mol. The van der Waals surface area contributed by atoms with Crippen molar-refractivity contribution < 1.29 is 14.3 Å². The standard InChI is InChI=1S/C17H23NO3/c1-5-11-18(12-6-2)17(19)10-7-14-13-15(20-3)8-9-16(14)21-4/h5-6,8-9,13H,1-2,7,10-12H2,3-4H3. The summed E-state index contributed by atoms with van der Waals surface area (Å²) in [5.74, 6) is 1.59. The molecule has 0 saturated heterocycles. The van der Waals surface area contributed by atoms with Crippen LogP contribution in [0.15, 0.2) is 43.5 Å². The molecule has 1 rings (SSSR count). The summed E-state index contributed by atoms with van der Waals surface area (Å²) >= 11 is 0. The van der Waals surface area contributed by atoms with E-state index in [0.717, 1.165) is 17.1 Å². The third kappa shape index (κ3) is 4.99. The highest BCUT2D eigenvalue weighted by atomic mass is 16.5. The van der Waals surface area contributed by atoms with Crippen LogP contribution in [0.5, 0.6) is 11.5 Å². The minimum Gasteiger partial charge on any atom is -0.497 e. The molecule has 0 fully saturated rings. The lowest BCUT2D eigenvalue weighted by Crippen LogP contribution is -2.31. The molecule has 1 amide bonds. The first-order valence-corrected chi connectivity index (χ1v) is 6.86. The second-order valence-corrected chi connectivity index (χ2v) is 4.55. The molecule has 0 bridgehead atoms. The zero-order valence-electron chi connectivity index (χ0n) is 12.8. The van der Waals surface area contributed by atoms with E-state index in [1.807, 2.05) is 18.2 Å². The van der Waals surface area contributed by atoms with E-state index in [0.29, 0.717) is 25.9 Å². The molecule has 0 saturated carbocycles. The molecule has 0 unspecified atom stereocenters. The van der Waals surface area contributed by atoms with Crippen LogP contribution in [0, 0.1) is 0 Å². The zero-order chi connectivity index (χ0) is 15.7. The maximum absolute atomic E-state index is 12.2. The van der Waals surface area contributed by atoms with Crippen molar-refractivity contribution in [2.45, 2.75) is 12.8 Å². The van der Waals surface area contributed by atoms with E-state index in [2.05, 4.69) is 13.2 Å². The number of methoxy groups -OCH3 is 2. The summed E-state index contributed by atoms with van der Waals surface area (Å²) < 4.78 is 10.5. The first kappa shape index (κ1) is 16.8. The van der Waals surface area contributed by atoms with Gasteiger partial charge in [-0.05, 0) is 30.2 Å². The molecule has 0 aliphatic heterocycles. The fraction of sp³-hybridized carbons (Fsp3) is 0.353. The maximum Gasteiger partial charge on any atom is 0.223 e. The van der Waals surface area contributed by atoms with Gasteiger partial charge in [-0.25, -0.2) is 0 Å². The second kappa shape index (κ2) is 8.84. The number of hydrogen-bond acceptors (Lipinski definition) is 3. The number of carbonyl (C=O) groups is 1. The Bertz CT molecular complexity index is 487. The summed E-state index contributed by atoms with van der Waals surface area (Å²) in [6, 6.07) is 5.59. The average molecular weight is 289 g/mol. The Morgan fingerprint density at radius 3 is 2.38 bits per heavy atom. The molecule has 0 aliphatic carbocycles. The molecule has 4 heteroatoms. The Kier molecular flexibility index (Phi) is 7.09. The van der Waals surface area contributed by atoms with E-state index in [1.54, 1.807) is 31.3 Å². The van der Waals surface area contributed by atoms with Gasteiger partial charge in [0.25, 0.3) is 0 Å². The molecular weight excluding hydrogens is 266 g/mol. The van der Waals surface area contributed by atoms with Gasteiger partial charge in [-0.15, -0.1) is 13.2 Å². The van der Waals surface area contributed by atoms with Crippen molar-refractivity contribution >= 4 is 5.91 Å². The van der Waals surface area contributed by atoms with Gasteiger partial charge in [0.1, 0.15) is 11.5 Å². The minimum absolute atomic E-state index is 0.0691. The van der Waals surface area contributed by atoms with Crippen LogP contribution in [-0.2, 0) is 11.2 Å². The van der Waals surface area contributed by atoms with E-state index < -0.39 is 0 Å². The van der Waals surface area contributed by atoms with Crippen LogP contribution < -0.4 is 9.47 Å². The maximum atomic E-state index is 12.2. The van der Waals surface area contributed by atoms with Gasteiger partial charge in [0, 0.05) is 19.5 Å². The summed E-state index contributed by atoms with van der Waals surface area (Å²) in [5.41, 5.74) is 0.961. The Balaban J connectivity index is 2.74. The van der Waals surface area contributed by atoms with Crippen LogP contribution >= 0.6 is 0 Å². The van der Waals surface area contributed by atoms with Crippen LogP contribution in [-0.4, -0.2) is 38.1 Å². The van der Waals surface area contributed by atoms with Crippen LogP contribution in [0.3, 0.4) is 0 Å². The lowest BCUT2D eigenvalue weighted by Gasteiger charge is -2.19. The molecule has 1 aromatic carbocycles. The van der Waals surface area contributed by atoms with Gasteiger partial charge in [0.15, 0.2) is 0 Å². The summed E-state index contributed by atoms with van der Waals surface area (Å²) in [7, 11) is 3.24. The molecule has 0 N–H and O–H groups in total. The SMILES string of the molecule is C=CCN(CC=C)C(=O)CCc1cc(OC)ccc1OC. The lowest BCUT2D eigenvalue weighted by molar-refractivity contribution is -0.130. The molecule has 0 radical (unpaired) electrons. The highest BCUT2D eigenvalue weighted by Gasteiger charge is 2.13. The quantitative estimate of drug-likeness (QED) is 0.656. The summed E-state index contributed by atoms with van der Waals surface area (Å²) in [6.07, 6.45) is 4.44. The highest BCUT2D eigenvalue weighted by Crippen LogP contribution is 2.25. The van der Waals surface area contributed by atoms with Crippen molar-refractivity contribution in [1.82, 2.24) is 4.90 Å². The van der Waals surface area contributed by atoms with E-state index >= 15 is 0 Å². The molecule has 0 atom stereocenters. The number of rotatable bonds is 9. The molecule has 0 aliphatic rings. The molecule has 4 nitrogen and oxygen atoms in total. The van der Waals surface area contributed by atoms with Crippen molar-refractivity contribution in [2.24, 2.45) is 0 Å². The van der Waals surface area contributed by atoms with E-state index in [9.17, 15) is 4.79 Å². The topological polar surface area (TPSA) is 38.8 Å². The third-order valence-electron chi connectivity index (χ3n) is 3.15. The van der Waals surface area contributed by atoms with Gasteiger partial charge in [-0.1, -0.05) is 12.2 Å². The molecule has 114 valence electrons. The number of benzene rings is 1. The van der Waals surface area contributed by atoms with E-state index in [4.69, 9.17) is 9.47 Å². The number of aryl methyl sites for hydroxylation is 1. The zero-order valence-corrected chi connectivity index (χ0v) is 12.8. The number of carbonyl (C=O) groups excluding carboxylic acids is 1. The first-order chi connectivity index (χ1) is 10.2.